The van der Waals surface area contributed by atoms with Gasteiger partial charge in [0.05, 0.1) is 6.61 Å². The lowest BCUT2D eigenvalue weighted by molar-refractivity contribution is 0.00429. The molecule has 13 heavy (non-hydrogen) atoms. The SMILES string of the molecule is COCC1(C)N(C[SiH3])CCC1(C)C. The molecule has 1 heterocycles. The molecule has 1 atom stereocenters. The number of hydrogen-bond donors (Lipinski definition) is 0. The third kappa shape index (κ3) is 1.69. The molecule has 0 bridgehead atoms. The van der Waals surface area contributed by atoms with E-state index >= 15 is 0 Å². The zero-order chi connectivity index (χ0) is 10.1. The molecule has 1 saturated heterocycles. The molecule has 0 radical (unpaired) electrons. The quantitative estimate of drug-likeness (QED) is 0.615. The Morgan fingerprint density at radius 2 is 2.00 bits per heavy atom. The van der Waals surface area contributed by atoms with Crippen LogP contribution in [0.1, 0.15) is 27.2 Å². The van der Waals surface area contributed by atoms with E-state index in [4.69, 9.17) is 4.74 Å². The first-order valence-electron chi connectivity index (χ1n) is 5.22. The van der Waals surface area contributed by atoms with Crippen molar-refractivity contribution in [3.63, 3.8) is 0 Å². The average molecular weight is 201 g/mol. The highest BCUT2D eigenvalue weighted by atomic mass is 28.1. The first-order chi connectivity index (χ1) is 5.98. The normalized spacial score (nSPS) is 34.2. The largest absolute Gasteiger partial charge is 0.383 e. The van der Waals surface area contributed by atoms with E-state index in [1.807, 2.05) is 7.11 Å². The van der Waals surface area contributed by atoms with Crippen molar-refractivity contribution in [2.45, 2.75) is 32.7 Å². The van der Waals surface area contributed by atoms with Gasteiger partial charge in [0.15, 0.2) is 0 Å². The average Bonchev–Trinajstić information content (AvgIpc) is 2.25. The Labute approximate surface area is 85.1 Å². The highest BCUT2D eigenvalue weighted by Crippen LogP contribution is 2.44. The van der Waals surface area contributed by atoms with Crippen molar-refractivity contribution < 1.29 is 4.74 Å². The van der Waals surface area contributed by atoms with E-state index in [0.717, 1.165) is 6.61 Å². The molecule has 1 rings (SSSR count). The van der Waals surface area contributed by atoms with Crippen LogP contribution in [0.15, 0.2) is 0 Å². The highest BCUT2D eigenvalue weighted by Gasteiger charge is 2.49. The van der Waals surface area contributed by atoms with E-state index in [1.54, 1.807) is 0 Å². The Hall–Kier alpha value is 0.137. The zero-order valence-electron chi connectivity index (χ0n) is 9.68. The van der Waals surface area contributed by atoms with Crippen molar-refractivity contribution in [2.24, 2.45) is 5.41 Å². The molecule has 78 valence electrons. The molecule has 3 heteroatoms. The van der Waals surface area contributed by atoms with Crippen molar-refractivity contribution in [1.29, 1.82) is 0 Å². The maximum absolute atomic E-state index is 5.37. The highest BCUT2D eigenvalue weighted by molar-refractivity contribution is 6.08. The van der Waals surface area contributed by atoms with Crippen LogP contribution in [-0.4, -0.2) is 47.1 Å². The zero-order valence-corrected chi connectivity index (χ0v) is 11.7. The number of methoxy groups -OCH3 is 1. The minimum absolute atomic E-state index is 0.253. The molecule has 0 aromatic rings. The van der Waals surface area contributed by atoms with Crippen LogP contribution >= 0.6 is 0 Å². The molecule has 0 saturated carbocycles. The van der Waals surface area contributed by atoms with Crippen molar-refractivity contribution in [2.75, 3.05) is 26.4 Å². The first-order valence-corrected chi connectivity index (χ1v) is 6.63. The van der Waals surface area contributed by atoms with E-state index < -0.39 is 0 Å². The second-order valence-electron chi connectivity index (χ2n) is 4.92. The van der Waals surface area contributed by atoms with Gasteiger partial charge in [-0.1, -0.05) is 13.8 Å². The summed E-state index contributed by atoms with van der Waals surface area (Å²) < 4.78 is 5.37. The molecule has 1 fully saturated rings. The van der Waals surface area contributed by atoms with Gasteiger partial charge in [0, 0.05) is 22.9 Å². The Morgan fingerprint density at radius 3 is 2.46 bits per heavy atom. The van der Waals surface area contributed by atoms with Gasteiger partial charge < -0.3 is 4.74 Å². The van der Waals surface area contributed by atoms with Crippen molar-refractivity contribution >= 4 is 10.2 Å². The number of nitrogens with zero attached hydrogens (tertiary/aromatic N) is 1. The molecular formula is C10H23NOSi. The maximum atomic E-state index is 5.37. The molecular weight excluding hydrogens is 178 g/mol. The van der Waals surface area contributed by atoms with Gasteiger partial charge in [-0.25, -0.2) is 0 Å². The summed E-state index contributed by atoms with van der Waals surface area (Å²) in [6.07, 6.45) is 2.57. The Morgan fingerprint density at radius 1 is 1.38 bits per heavy atom. The Bertz CT molecular complexity index is 184. The van der Waals surface area contributed by atoms with Crippen molar-refractivity contribution in [3.05, 3.63) is 0 Å². The van der Waals surface area contributed by atoms with Crippen molar-refractivity contribution in [3.8, 4) is 0 Å². The smallest absolute Gasteiger partial charge is 0.0649 e. The Kier molecular flexibility index (Phi) is 3.20. The van der Waals surface area contributed by atoms with E-state index in [2.05, 4.69) is 25.7 Å². The van der Waals surface area contributed by atoms with Gasteiger partial charge in [0.2, 0.25) is 0 Å². The number of likely N-dealkylation sites (tertiary alicyclic amines) is 1. The van der Waals surface area contributed by atoms with E-state index in [0.29, 0.717) is 5.41 Å². The molecule has 1 aliphatic rings. The second kappa shape index (κ2) is 3.71. The van der Waals surface area contributed by atoms with E-state index in [1.165, 1.54) is 29.4 Å². The molecule has 0 amide bonds. The minimum Gasteiger partial charge on any atom is -0.383 e. The summed E-state index contributed by atoms with van der Waals surface area (Å²) in [6.45, 7) is 9.19. The van der Waals surface area contributed by atoms with Gasteiger partial charge in [-0.2, -0.15) is 0 Å². The maximum Gasteiger partial charge on any atom is 0.0649 e. The predicted molar refractivity (Wildman–Crippen MR) is 60.2 cm³/mol. The summed E-state index contributed by atoms with van der Waals surface area (Å²) in [7, 11) is 3.07. The molecule has 1 aliphatic heterocycles. The molecule has 0 spiro atoms. The minimum atomic E-state index is 0.253. The lowest BCUT2D eigenvalue weighted by atomic mass is 9.74. The van der Waals surface area contributed by atoms with Crippen molar-refractivity contribution in [1.82, 2.24) is 4.90 Å². The molecule has 1 unspecified atom stereocenters. The summed E-state index contributed by atoms with van der Waals surface area (Å²) in [4.78, 5) is 2.60. The van der Waals surface area contributed by atoms with Gasteiger partial charge in [-0.15, -0.1) is 0 Å². The summed E-state index contributed by atoms with van der Waals surface area (Å²) >= 11 is 0. The third-order valence-corrected chi connectivity index (χ3v) is 4.73. The van der Waals surface area contributed by atoms with Gasteiger partial charge in [-0.3, -0.25) is 4.90 Å². The van der Waals surface area contributed by atoms with Crippen LogP contribution in [0.25, 0.3) is 0 Å². The lowest BCUT2D eigenvalue weighted by Gasteiger charge is -2.43. The fraction of sp³-hybridized carbons (Fsp3) is 1.00. The van der Waals surface area contributed by atoms with E-state index in [-0.39, 0.29) is 5.54 Å². The summed E-state index contributed by atoms with van der Waals surface area (Å²) in [5, 5.41) is 0. The summed E-state index contributed by atoms with van der Waals surface area (Å²) in [5.74, 6) is 0. The first kappa shape index (κ1) is 11.2. The van der Waals surface area contributed by atoms with Crippen LogP contribution in [0.2, 0.25) is 0 Å². The van der Waals surface area contributed by atoms with Crippen LogP contribution in [0.3, 0.4) is 0 Å². The van der Waals surface area contributed by atoms with Crippen LogP contribution in [-0.2, 0) is 4.74 Å². The predicted octanol–water partition coefficient (Wildman–Crippen LogP) is 0.446. The fourth-order valence-corrected chi connectivity index (χ4v) is 3.45. The van der Waals surface area contributed by atoms with Gasteiger partial charge in [-0.05, 0) is 31.5 Å². The van der Waals surface area contributed by atoms with Crippen LogP contribution in [0, 0.1) is 5.41 Å². The molecule has 0 aromatic heterocycles. The van der Waals surface area contributed by atoms with Gasteiger partial charge in [0.1, 0.15) is 0 Å². The summed E-state index contributed by atoms with van der Waals surface area (Å²) in [5.41, 5.74) is 0.650. The molecule has 2 nitrogen and oxygen atoms in total. The number of ether oxygens (including phenoxy) is 1. The van der Waals surface area contributed by atoms with Gasteiger partial charge in [0.25, 0.3) is 0 Å². The van der Waals surface area contributed by atoms with Crippen LogP contribution in [0.5, 0.6) is 0 Å². The monoisotopic (exact) mass is 201 g/mol. The molecule has 0 aliphatic carbocycles. The molecule has 0 aromatic carbocycles. The van der Waals surface area contributed by atoms with Crippen LogP contribution in [0.4, 0.5) is 0 Å². The topological polar surface area (TPSA) is 12.5 Å². The van der Waals surface area contributed by atoms with Crippen LogP contribution < -0.4 is 0 Å². The third-order valence-electron chi connectivity index (χ3n) is 3.97. The number of hydrogen-bond acceptors (Lipinski definition) is 2. The molecule has 0 N–H and O–H groups in total. The van der Waals surface area contributed by atoms with Gasteiger partial charge >= 0.3 is 0 Å². The second-order valence-corrected chi connectivity index (χ2v) is 5.55. The fourth-order valence-electron chi connectivity index (χ4n) is 2.43. The Balaban J connectivity index is 2.84. The van der Waals surface area contributed by atoms with E-state index in [9.17, 15) is 0 Å². The lowest BCUT2D eigenvalue weighted by Crippen LogP contribution is -2.53. The number of rotatable bonds is 3. The summed E-state index contributed by atoms with van der Waals surface area (Å²) in [6, 6.07) is 0. The standard InChI is InChI=1S/C10H23NOSi/c1-9(2)5-6-11(8-13)10(9,3)7-12-4/h5-8H2,1-4,13H3.